The van der Waals surface area contributed by atoms with Gasteiger partial charge in [-0.05, 0) is 49.6 Å². The molecule has 1 aliphatic rings. The minimum Gasteiger partial charge on any atom is -0.454 e. The minimum atomic E-state index is -3.61. The number of carbonyl (C=O) groups excluding carboxylic acids is 2. The van der Waals surface area contributed by atoms with Gasteiger partial charge in [-0.1, -0.05) is 30.7 Å². The normalized spacial score (nSPS) is 13.2. The Morgan fingerprint density at radius 1 is 1.14 bits per heavy atom. The third-order valence-corrected chi connectivity index (χ3v) is 7.18. The summed E-state index contributed by atoms with van der Waals surface area (Å²) in [5.74, 6) is 0.518. The Balaban J connectivity index is 1.72. The fourth-order valence-corrected chi connectivity index (χ4v) is 5.02. The van der Waals surface area contributed by atoms with Gasteiger partial charge in [0.1, 0.15) is 6.04 Å². The zero-order valence-electron chi connectivity index (χ0n) is 20.7. The molecule has 2 aromatic rings. The summed E-state index contributed by atoms with van der Waals surface area (Å²) in [5.41, 5.74) is 1.22. The number of anilines is 1. The van der Waals surface area contributed by atoms with E-state index in [0.29, 0.717) is 28.8 Å². The second-order valence-corrected chi connectivity index (χ2v) is 10.9. The van der Waals surface area contributed by atoms with Crippen molar-refractivity contribution < 1.29 is 27.5 Å². The maximum atomic E-state index is 13.3. The Morgan fingerprint density at radius 2 is 1.89 bits per heavy atom. The highest BCUT2D eigenvalue weighted by Gasteiger charge is 2.27. The van der Waals surface area contributed by atoms with Crippen LogP contribution in [0.4, 0.5) is 5.69 Å². The lowest BCUT2D eigenvalue weighted by atomic mass is 10.1. The quantitative estimate of drug-likeness (QED) is 0.444. The van der Waals surface area contributed by atoms with Crippen LogP contribution < -0.4 is 19.1 Å². The molecule has 0 spiro atoms. The molecule has 1 atom stereocenters. The molecule has 9 nitrogen and oxygen atoms in total. The first kappa shape index (κ1) is 27.6. The summed E-state index contributed by atoms with van der Waals surface area (Å²) in [7, 11) is -3.61. The SMILES string of the molecule is CCCNC(=O)C(C)N(Cc1cccc(Cl)c1)C(=O)CCCN(c1ccc2c(c1)OCO2)S(C)(=O)=O. The van der Waals surface area contributed by atoms with Gasteiger partial charge in [0.25, 0.3) is 0 Å². The number of sulfonamides is 1. The largest absolute Gasteiger partial charge is 0.454 e. The number of amides is 2. The van der Waals surface area contributed by atoms with Crippen LogP contribution >= 0.6 is 11.6 Å². The standard InChI is InChI=1S/C25H32ClN3O6S/c1-4-12-27-25(31)18(2)28(16-19-7-5-8-20(26)14-19)24(30)9-6-13-29(36(3,32)33)21-10-11-22-23(15-21)35-17-34-22/h5,7-8,10-11,14-15,18H,4,6,9,12-13,16-17H2,1-3H3,(H,27,31). The third kappa shape index (κ3) is 7.27. The number of hydrogen-bond acceptors (Lipinski definition) is 6. The van der Waals surface area contributed by atoms with Crippen molar-refractivity contribution in [3.8, 4) is 11.5 Å². The maximum absolute atomic E-state index is 13.3. The molecule has 0 radical (unpaired) electrons. The number of carbonyl (C=O) groups is 2. The maximum Gasteiger partial charge on any atom is 0.242 e. The van der Waals surface area contributed by atoms with Gasteiger partial charge in [-0.2, -0.15) is 0 Å². The van der Waals surface area contributed by atoms with E-state index in [9.17, 15) is 18.0 Å². The topological polar surface area (TPSA) is 105 Å². The molecule has 196 valence electrons. The summed E-state index contributed by atoms with van der Waals surface area (Å²) in [4.78, 5) is 27.4. The molecule has 36 heavy (non-hydrogen) atoms. The van der Waals surface area contributed by atoms with Crippen molar-refractivity contribution in [2.45, 2.75) is 45.7 Å². The van der Waals surface area contributed by atoms with Crippen LogP contribution in [0.2, 0.25) is 5.02 Å². The Hall–Kier alpha value is -2.98. The van der Waals surface area contributed by atoms with Crippen LogP contribution in [0.3, 0.4) is 0 Å². The summed E-state index contributed by atoms with van der Waals surface area (Å²) in [6.07, 6.45) is 2.21. The number of fused-ring (bicyclic) bond motifs is 1. The van der Waals surface area contributed by atoms with Gasteiger partial charge in [0.15, 0.2) is 11.5 Å². The van der Waals surface area contributed by atoms with Gasteiger partial charge in [-0.3, -0.25) is 13.9 Å². The molecule has 1 heterocycles. The highest BCUT2D eigenvalue weighted by atomic mass is 35.5. The zero-order chi connectivity index (χ0) is 26.3. The molecule has 0 fully saturated rings. The molecule has 0 saturated carbocycles. The number of rotatable bonds is 12. The molecule has 0 saturated heterocycles. The van der Waals surface area contributed by atoms with Crippen LogP contribution in [0.5, 0.6) is 11.5 Å². The average Bonchev–Trinajstić information content (AvgIpc) is 3.30. The number of hydrogen-bond donors (Lipinski definition) is 1. The lowest BCUT2D eigenvalue weighted by Gasteiger charge is -2.29. The Labute approximate surface area is 217 Å². The van der Waals surface area contributed by atoms with Crippen molar-refractivity contribution in [3.63, 3.8) is 0 Å². The zero-order valence-corrected chi connectivity index (χ0v) is 22.3. The smallest absolute Gasteiger partial charge is 0.242 e. The first-order valence-electron chi connectivity index (χ1n) is 11.8. The van der Waals surface area contributed by atoms with Gasteiger partial charge in [0.05, 0.1) is 11.9 Å². The second kappa shape index (κ2) is 12.3. The van der Waals surface area contributed by atoms with E-state index in [2.05, 4.69) is 5.32 Å². The molecule has 11 heteroatoms. The summed E-state index contributed by atoms with van der Waals surface area (Å²) in [5, 5.41) is 3.37. The van der Waals surface area contributed by atoms with E-state index in [1.54, 1.807) is 43.3 Å². The van der Waals surface area contributed by atoms with Gasteiger partial charge in [0, 0.05) is 37.1 Å². The first-order chi connectivity index (χ1) is 17.1. The van der Waals surface area contributed by atoms with Crippen LogP contribution in [0.15, 0.2) is 42.5 Å². The van der Waals surface area contributed by atoms with Crippen LogP contribution in [0, 0.1) is 0 Å². The highest BCUT2D eigenvalue weighted by molar-refractivity contribution is 7.92. The molecule has 0 bridgehead atoms. The number of ether oxygens (including phenoxy) is 2. The van der Waals surface area contributed by atoms with Crippen molar-refractivity contribution in [3.05, 3.63) is 53.1 Å². The number of halogens is 1. The van der Waals surface area contributed by atoms with E-state index in [-0.39, 0.29) is 44.5 Å². The van der Waals surface area contributed by atoms with Crippen molar-refractivity contribution in [2.75, 3.05) is 30.4 Å². The van der Waals surface area contributed by atoms with Gasteiger partial charge >= 0.3 is 0 Å². The lowest BCUT2D eigenvalue weighted by molar-refractivity contribution is -0.140. The molecule has 1 N–H and O–H groups in total. The first-order valence-corrected chi connectivity index (χ1v) is 14.0. The monoisotopic (exact) mass is 537 g/mol. The molecule has 2 amide bonds. The van der Waals surface area contributed by atoms with E-state index >= 15 is 0 Å². The van der Waals surface area contributed by atoms with Crippen molar-refractivity contribution in [2.24, 2.45) is 0 Å². The van der Waals surface area contributed by atoms with E-state index in [1.807, 2.05) is 13.0 Å². The van der Waals surface area contributed by atoms with Crippen molar-refractivity contribution >= 4 is 39.1 Å². The van der Waals surface area contributed by atoms with Crippen molar-refractivity contribution in [1.82, 2.24) is 10.2 Å². The van der Waals surface area contributed by atoms with E-state index in [4.69, 9.17) is 21.1 Å². The van der Waals surface area contributed by atoms with Crippen LogP contribution in [0.1, 0.15) is 38.7 Å². The highest BCUT2D eigenvalue weighted by Crippen LogP contribution is 2.36. The molecule has 1 aliphatic heterocycles. The van der Waals surface area contributed by atoms with Gasteiger partial charge in [-0.15, -0.1) is 0 Å². The number of nitrogens with zero attached hydrogens (tertiary/aromatic N) is 2. The fraction of sp³-hybridized carbons (Fsp3) is 0.440. The van der Waals surface area contributed by atoms with E-state index in [0.717, 1.165) is 18.2 Å². The second-order valence-electron chi connectivity index (χ2n) is 8.59. The number of nitrogens with one attached hydrogen (secondary N) is 1. The molecular formula is C25H32ClN3O6S. The van der Waals surface area contributed by atoms with E-state index in [1.165, 1.54) is 9.21 Å². The molecule has 2 aromatic carbocycles. The summed E-state index contributed by atoms with van der Waals surface area (Å²) < 4.78 is 36.9. The van der Waals surface area contributed by atoms with Gasteiger partial charge in [0.2, 0.25) is 28.6 Å². The molecule has 3 rings (SSSR count). The van der Waals surface area contributed by atoms with Gasteiger partial charge in [-0.25, -0.2) is 8.42 Å². The van der Waals surface area contributed by atoms with E-state index < -0.39 is 16.1 Å². The fourth-order valence-electron chi connectivity index (χ4n) is 3.85. The Kier molecular flexibility index (Phi) is 9.44. The molecular weight excluding hydrogens is 506 g/mol. The predicted molar refractivity (Wildman–Crippen MR) is 139 cm³/mol. The van der Waals surface area contributed by atoms with Crippen LogP contribution in [0.25, 0.3) is 0 Å². The predicted octanol–water partition coefficient (Wildman–Crippen LogP) is 3.56. The van der Waals surface area contributed by atoms with Crippen molar-refractivity contribution in [1.29, 1.82) is 0 Å². The number of benzene rings is 2. The Bertz CT molecular complexity index is 1190. The summed E-state index contributed by atoms with van der Waals surface area (Å²) in [6.45, 7) is 4.53. The summed E-state index contributed by atoms with van der Waals surface area (Å²) in [6, 6.07) is 11.3. The van der Waals surface area contributed by atoms with Crippen LogP contribution in [-0.4, -0.2) is 57.3 Å². The van der Waals surface area contributed by atoms with Gasteiger partial charge < -0.3 is 19.7 Å². The lowest BCUT2D eigenvalue weighted by Crippen LogP contribution is -2.47. The molecule has 0 aromatic heterocycles. The Morgan fingerprint density at radius 3 is 2.58 bits per heavy atom. The molecule has 1 unspecified atom stereocenters. The third-order valence-electron chi connectivity index (χ3n) is 5.75. The summed E-state index contributed by atoms with van der Waals surface area (Å²) >= 11 is 6.11. The minimum absolute atomic E-state index is 0.0581. The average molecular weight is 538 g/mol. The van der Waals surface area contributed by atoms with Crippen LogP contribution in [-0.2, 0) is 26.2 Å². The molecule has 0 aliphatic carbocycles.